The van der Waals surface area contributed by atoms with Gasteiger partial charge in [0.25, 0.3) is 0 Å². The third kappa shape index (κ3) is 5.60. The largest absolute Gasteiger partial charge is 0.493 e. The summed E-state index contributed by atoms with van der Waals surface area (Å²) in [5, 5.41) is 1.18. The molecular weight excluding hydrogens is 388 g/mol. The average molecular weight is 423 g/mol. The summed E-state index contributed by atoms with van der Waals surface area (Å²) in [5.74, 6) is 1.79. The van der Waals surface area contributed by atoms with Gasteiger partial charge in [0.05, 0.1) is 13.2 Å². The van der Waals surface area contributed by atoms with Gasteiger partial charge in [-0.3, -0.25) is 4.99 Å². The normalized spacial score (nSPS) is 20.3. The van der Waals surface area contributed by atoms with Crippen LogP contribution < -0.4 is 4.74 Å². The molecule has 0 saturated heterocycles. The van der Waals surface area contributed by atoms with Gasteiger partial charge >= 0.3 is 0 Å². The van der Waals surface area contributed by atoms with Crippen LogP contribution in [0.3, 0.4) is 0 Å². The van der Waals surface area contributed by atoms with Gasteiger partial charge in [-0.25, -0.2) is 0 Å². The van der Waals surface area contributed by atoms with E-state index in [1.165, 1.54) is 47.7 Å². The first-order valence-electron chi connectivity index (χ1n) is 11.4. The molecule has 3 aliphatic rings. The number of amidine groups is 1. The fourth-order valence-corrected chi connectivity index (χ4v) is 5.60. The molecule has 0 spiro atoms. The second-order valence-electron chi connectivity index (χ2n) is 8.66. The molecule has 1 fully saturated rings. The Morgan fingerprint density at radius 1 is 1.23 bits per heavy atom. The Morgan fingerprint density at radius 3 is 2.93 bits per heavy atom. The minimum absolute atomic E-state index is 0.682. The van der Waals surface area contributed by atoms with Gasteiger partial charge in [-0.05, 0) is 62.3 Å². The van der Waals surface area contributed by atoms with Gasteiger partial charge < -0.3 is 9.64 Å². The third-order valence-corrected chi connectivity index (χ3v) is 7.44. The standard InChI is InChI=1S/C26H34N2OS/c1-20(2)14-18-29-24-11-5-9-23(19-24)25-12-15-27-26(30-25)28-16-6-10-22(13-17-28)21-7-3-4-8-21/h5,9-12,19,21H,1,3-4,6-8,13-18H2,2H3. The van der Waals surface area contributed by atoms with Crippen molar-refractivity contribution in [3.63, 3.8) is 0 Å². The monoisotopic (exact) mass is 422 g/mol. The van der Waals surface area contributed by atoms with Gasteiger partial charge in [0.2, 0.25) is 0 Å². The van der Waals surface area contributed by atoms with Crippen LogP contribution in [0.1, 0.15) is 57.4 Å². The van der Waals surface area contributed by atoms with Crippen molar-refractivity contribution in [1.29, 1.82) is 0 Å². The van der Waals surface area contributed by atoms with Crippen LogP contribution in [0.15, 0.2) is 59.1 Å². The van der Waals surface area contributed by atoms with Crippen molar-refractivity contribution < 1.29 is 4.74 Å². The highest BCUT2D eigenvalue weighted by molar-refractivity contribution is 8.21. The van der Waals surface area contributed by atoms with E-state index in [1.807, 2.05) is 24.8 Å². The number of ether oxygens (including phenoxy) is 1. The Labute approximate surface area is 186 Å². The predicted octanol–water partition coefficient (Wildman–Crippen LogP) is 6.69. The fraction of sp³-hybridized carbons (Fsp3) is 0.500. The zero-order valence-corrected chi connectivity index (χ0v) is 19.1. The molecule has 160 valence electrons. The van der Waals surface area contributed by atoms with Gasteiger partial charge in [0, 0.05) is 24.4 Å². The number of hydrogen-bond acceptors (Lipinski definition) is 4. The van der Waals surface area contributed by atoms with Gasteiger partial charge in [-0.2, -0.15) is 0 Å². The van der Waals surface area contributed by atoms with E-state index in [4.69, 9.17) is 9.73 Å². The van der Waals surface area contributed by atoms with Crippen molar-refractivity contribution in [2.75, 3.05) is 26.2 Å². The van der Waals surface area contributed by atoms with Gasteiger partial charge in [0.1, 0.15) is 5.75 Å². The van der Waals surface area contributed by atoms with Crippen LogP contribution in [-0.4, -0.2) is 36.3 Å². The molecule has 2 heterocycles. The van der Waals surface area contributed by atoms with E-state index >= 15 is 0 Å². The zero-order valence-electron chi connectivity index (χ0n) is 18.2. The highest BCUT2D eigenvalue weighted by Crippen LogP contribution is 2.37. The van der Waals surface area contributed by atoms with Crippen LogP contribution in [0.2, 0.25) is 0 Å². The smallest absolute Gasteiger partial charge is 0.164 e. The second kappa shape index (κ2) is 10.4. The fourth-order valence-electron chi connectivity index (χ4n) is 4.54. The number of benzene rings is 1. The lowest BCUT2D eigenvalue weighted by molar-refractivity contribution is 0.321. The Kier molecular flexibility index (Phi) is 7.37. The lowest BCUT2D eigenvalue weighted by Crippen LogP contribution is -2.31. The molecule has 0 atom stereocenters. The lowest BCUT2D eigenvalue weighted by Gasteiger charge is -2.27. The van der Waals surface area contributed by atoms with Crippen LogP contribution in [-0.2, 0) is 0 Å². The predicted molar refractivity (Wildman–Crippen MR) is 130 cm³/mol. The Hall–Kier alpha value is -1.94. The Bertz CT molecular complexity index is 848. The molecule has 4 heteroatoms. The topological polar surface area (TPSA) is 24.8 Å². The van der Waals surface area contributed by atoms with E-state index in [0.29, 0.717) is 6.61 Å². The molecule has 0 amide bonds. The van der Waals surface area contributed by atoms with Crippen LogP contribution in [0.4, 0.5) is 0 Å². The molecule has 30 heavy (non-hydrogen) atoms. The summed E-state index contributed by atoms with van der Waals surface area (Å²) in [6.45, 7) is 9.62. The molecule has 3 nitrogen and oxygen atoms in total. The van der Waals surface area contributed by atoms with Crippen LogP contribution >= 0.6 is 11.8 Å². The molecule has 4 rings (SSSR count). The van der Waals surface area contributed by atoms with Crippen molar-refractivity contribution in [3.8, 4) is 5.75 Å². The quantitative estimate of drug-likeness (QED) is 0.478. The molecule has 0 bridgehead atoms. The van der Waals surface area contributed by atoms with E-state index in [9.17, 15) is 0 Å². The number of thioether (sulfide) groups is 1. The maximum absolute atomic E-state index is 5.92. The molecule has 0 radical (unpaired) electrons. The molecule has 0 N–H and O–H groups in total. The molecule has 1 aromatic carbocycles. The highest BCUT2D eigenvalue weighted by Gasteiger charge is 2.24. The molecule has 1 aromatic rings. The van der Waals surface area contributed by atoms with Crippen LogP contribution in [0, 0.1) is 5.92 Å². The van der Waals surface area contributed by atoms with E-state index in [1.54, 1.807) is 5.57 Å². The van der Waals surface area contributed by atoms with Crippen molar-refractivity contribution in [2.24, 2.45) is 10.9 Å². The van der Waals surface area contributed by atoms with Gasteiger partial charge in [0.15, 0.2) is 5.17 Å². The first-order chi connectivity index (χ1) is 14.7. The summed E-state index contributed by atoms with van der Waals surface area (Å²) < 4.78 is 5.92. The summed E-state index contributed by atoms with van der Waals surface area (Å²) >= 11 is 1.82. The van der Waals surface area contributed by atoms with Crippen LogP contribution in [0.25, 0.3) is 4.91 Å². The van der Waals surface area contributed by atoms with Crippen molar-refractivity contribution in [3.05, 3.63) is 59.7 Å². The van der Waals surface area contributed by atoms with Gasteiger partial charge in [-0.1, -0.05) is 54.0 Å². The summed E-state index contributed by atoms with van der Waals surface area (Å²) in [7, 11) is 0. The zero-order chi connectivity index (χ0) is 20.8. The summed E-state index contributed by atoms with van der Waals surface area (Å²) in [5.41, 5.74) is 4.09. The van der Waals surface area contributed by atoms with E-state index in [-0.39, 0.29) is 0 Å². The number of hydrogen-bond donors (Lipinski definition) is 0. The van der Waals surface area contributed by atoms with Crippen molar-refractivity contribution in [1.82, 2.24) is 4.90 Å². The van der Waals surface area contributed by atoms with Gasteiger partial charge in [-0.15, -0.1) is 6.58 Å². The Balaban J connectivity index is 1.35. The van der Waals surface area contributed by atoms with Crippen LogP contribution in [0.5, 0.6) is 5.75 Å². The molecule has 2 aliphatic heterocycles. The molecule has 0 aromatic heterocycles. The maximum Gasteiger partial charge on any atom is 0.164 e. The number of aliphatic imine (C=N–C) groups is 1. The first kappa shape index (κ1) is 21.3. The minimum Gasteiger partial charge on any atom is -0.493 e. The molecule has 1 aliphatic carbocycles. The SMILES string of the molecule is C=C(C)CCOc1cccc(C2=CCN=C(N3CCC=C(C4CCCC4)CC3)S2)c1. The molecule has 0 unspecified atom stereocenters. The van der Waals surface area contributed by atoms with E-state index in [0.717, 1.165) is 49.7 Å². The van der Waals surface area contributed by atoms with E-state index < -0.39 is 0 Å². The molecule has 1 saturated carbocycles. The Morgan fingerprint density at radius 2 is 2.10 bits per heavy atom. The number of nitrogens with zero attached hydrogens (tertiary/aromatic N) is 2. The highest BCUT2D eigenvalue weighted by atomic mass is 32.2. The lowest BCUT2D eigenvalue weighted by atomic mass is 9.94. The maximum atomic E-state index is 5.92. The summed E-state index contributed by atoms with van der Waals surface area (Å²) in [6, 6.07) is 8.45. The second-order valence-corrected chi connectivity index (χ2v) is 9.67. The number of rotatable bonds is 6. The summed E-state index contributed by atoms with van der Waals surface area (Å²) in [4.78, 5) is 8.64. The minimum atomic E-state index is 0.682. The summed E-state index contributed by atoms with van der Waals surface area (Å²) in [6.07, 6.45) is 13.7. The first-order valence-corrected chi connectivity index (χ1v) is 12.2. The van der Waals surface area contributed by atoms with E-state index in [2.05, 4.69) is 41.8 Å². The van der Waals surface area contributed by atoms with Crippen molar-refractivity contribution in [2.45, 2.75) is 51.9 Å². The average Bonchev–Trinajstić information content (AvgIpc) is 3.18. The molecular formula is C26H34N2OS. The van der Waals surface area contributed by atoms with Crippen molar-refractivity contribution >= 4 is 21.8 Å². The third-order valence-electron chi connectivity index (χ3n) is 6.25.